The van der Waals surface area contributed by atoms with E-state index in [1.807, 2.05) is 31.2 Å². The van der Waals surface area contributed by atoms with Crippen LogP contribution in [0.5, 0.6) is 0 Å². The standard InChI is InChI=1S/C15H18N2O4/c1-9-11(10-4-2-3-5-12(10)16-9)8-14(19)17-13(6-7-18)15(20)21/h2-5,13,16,18H,6-8H2,1H3,(H,17,19)(H,20,21). The molecule has 0 aliphatic carbocycles. The second kappa shape index (κ2) is 6.41. The lowest BCUT2D eigenvalue weighted by Gasteiger charge is -2.13. The molecule has 0 saturated carbocycles. The van der Waals surface area contributed by atoms with E-state index in [9.17, 15) is 9.59 Å². The van der Waals surface area contributed by atoms with Crippen molar-refractivity contribution in [1.82, 2.24) is 10.3 Å². The Balaban J connectivity index is 2.14. The molecule has 1 atom stereocenters. The van der Waals surface area contributed by atoms with Crippen LogP contribution in [0.25, 0.3) is 10.9 Å². The fraction of sp³-hybridized carbons (Fsp3) is 0.333. The molecule has 0 aliphatic heterocycles. The third-order valence-electron chi connectivity index (χ3n) is 3.42. The number of hydrogen-bond donors (Lipinski definition) is 4. The number of para-hydroxylation sites is 1. The van der Waals surface area contributed by atoms with E-state index < -0.39 is 12.0 Å². The van der Waals surface area contributed by atoms with Gasteiger partial charge >= 0.3 is 5.97 Å². The van der Waals surface area contributed by atoms with Crippen molar-refractivity contribution in [2.45, 2.75) is 25.8 Å². The molecule has 1 aromatic heterocycles. The molecular formula is C15H18N2O4. The van der Waals surface area contributed by atoms with Crippen molar-refractivity contribution in [2.75, 3.05) is 6.61 Å². The number of nitrogens with one attached hydrogen (secondary N) is 2. The number of hydrogen-bond acceptors (Lipinski definition) is 3. The molecule has 1 unspecified atom stereocenters. The van der Waals surface area contributed by atoms with Gasteiger partial charge in [0.1, 0.15) is 6.04 Å². The van der Waals surface area contributed by atoms with Crippen LogP contribution in [0.15, 0.2) is 24.3 Å². The highest BCUT2D eigenvalue weighted by Gasteiger charge is 2.20. The lowest BCUT2D eigenvalue weighted by Crippen LogP contribution is -2.42. The third-order valence-corrected chi connectivity index (χ3v) is 3.42. The lowest BCUT2D eigenvalue weighted by molar-refractivity contribution is -0.142. The molecule has 1 aromatic carbocycles. The first-order chi connectivity index (χ1) is 10.0. The van der Waals surface area contributed by atoms with Crippen molar-refractivity contribution in [1.29, 1.82) is 0 Å². The molecule has 1 heterocycles. The smallest absolute Gasteiger partial charge is 0.326 e. The van der Waals surface area contributed by atoms with Crippen LogP contribution in [0.2, 0.25) is 0 Å². The zero-order valence-corrected chi connectivity index (χ0v) is 11.7. The quantitative estimate of drug-likeness (QED) is 0.636. The minimum atomic E-state index is -1.15. The molecule has 6 heteroatoms. The van der Waals surface area contributed by atoms with Crippen molar-refractivity contribution < 1.29 is 19.8 Å². The van der Waals surface area contributed by atoms with E-state index in [1.54, 1.807) is 0 Å². The van der Waals surface area contributed by atoms with Crippen LogP contribution in [-0.2, 0) is 16.0 Å². The molecule has 2 rings (SSSR count). The number of amides is 1. The number of aromatic amines is 1. The number of aliphatic hydroxyl groups is 1. The Morgan fingerprint density at radius 3 is 2.71 bits per heavy atom. The number of carbonyl (C=O) groups is 2. The van der Waals surface area contributed by atoms with Gasteiger partial charge < -0.3 is 20.5 Å². The van der Waals surface area contributed by atoms with Crippen molar-refractivity contribution in [3.63, 3.8) is 0 Å². The van der Waals surface area contributed by atoms with Gasteiger partial charge in [0.25, 0.3) is 0 Å². The molecule has 0 fully saturated rings. The second-order valence-corrected chi connectivity index (χ2v) is 4.92. The summed E-state index contributed by atoms with van der Waals surface area (Å²) in [6.45, 7) is 1.59. The number of fused-ring (bicyclic) bond motifs is 1. The zero-order chi connectivity index (χ0) is 15.4. The molecule has 112 valence electrons. The van der Waals surface area contributed by atoms with Crippen LogP contribution in [0, 0.1) is 6.92 Å². The molecule has 0 radical (unpaired) electrons. The summed E-state index contributed by atoms with van der Waals surface area (Å²) in [5.41, 5.74) is 2.69. The molecule has 0 bridgehead atoms. The molecule has 2 aromatic rings. The Labute approximate surface area is 121 Å². The molecule has 1 amide bonds. The first kappa shape index (κ1) is 15.1. The van der Waals surface area contributed by atoms with Crippen LogP contribution < -0.4 is 5.32 Å². The maximum atomic E-state index is 12.0. The van der Waals surface area contributed by atoms with E-state index in [2.05, 4.69) is 10.3 Å². The van der Waals surface area contributed by atoms with Crippen LogP contribution >= 0.6 is 0 Å². The predicted octanol–water partition coefficient (Wildman–Crippen LogP) is 0.971. The van der Waals surface area contributed by atoms with Gasteiger partial charge in [-0.25, -0.2) is 4.79 Å². The monoisotopic (exact) mass is 290 g/mol. The number of carboxylic acid groups (broad SMARTS) is 1. The number of aromatic nitrogens is 1. The Kier molecular flexibility index (Phi) is 4.59. The molecule has 6 nitrogen and oxygen atoms in total. The van der Waals surface area contributed by atoms with Crippen LogP contribution in [-0.4, -0.2) is 39.7 Å². The molecule has 0 aliphatic rings. The molecule has 0 saturated heterocycles. The van der Waals surface area contributed by atoms with Gasteiger partial charge in [0, 0.05) is 29.6 Å². The Morgan fingerprint density at radius 1 is 1.33 bits per heavy atom. The highest BCUT2D eigenvalue weighted by molar-refractivity contribution is 5.91. The highest BCUT2D eigenvalue weighted by Crippen LogP contribution is 2.22. The zero-order valence-electron chi connectivity index (χ0n) is 11.7. The molecule has 0 spiro atoms. The summed E-state index contributed by atoms with van der Waals surface area (Å²) in [6, 6.07) is 6.58. The number of aliphatic carboxylic acids is 1. The van der Waals surface area contributed by atoms with Gasteiger partial charge in [-0.05, 0) is 18.6 Å². The summed E-state index contributed by atoms with van der Waals surface area (Å²) in [4.78, 5) is 26.2. The fourth-order valence-electron chi connectivity index (χ4n) is 2.35. The van der Waals surface area contributed by atoms with Crippen molar-refractivity contribution in [3.05, 3.63) is 35.5 Å². The topological polar surface area (TPSA) is 102 Å². The van der Waals surface area contributed by atoms with E-state index in [4.69, 9.17) is 10.2 Å². The van der Waals surface area contributed by atoms with Crippen molar-refractivity contribution in [3.8, 4) is 0 Å². The van der Waals surface area contributed by atoms with Crippen molar-refractivity contribution >= 4 is 22.8 Å². The highest BCUT2D eigenvalue weighted by atomic mass is 16.4. The van der Waals surface area contributed by atoms with Crippen molar-refractivity contribution in [2.24, 2.45) is 0 Å². The van der Waals surface area contributed by atoms with E-state index in [-0.39, 0.29) is 25.4 Å². The minimum absolute atomic E-state index is 0.00601. The maximum Gasteiger partial charge on any atom is 0.326 e. The largest absolute Gasteiger partial charge is 0.480 e. The second-order valence-electron chi connectivity index (χ2n) is 4.92. The van der Waals surface area contributed by atoms with Crippen LogP contribution in [0.1, 0.15) is 17.7 Å². The average Bonchev–Trinajstić information content (AvgIpc) is 2.75. The normalized spacial score (nSPS) is 12.3. The first-order valence-electron chi connectivity index (χ1n) is 6.72. The summed E-state index contributed by atoms with van der Waals surface area (Å²) in [6.07, 6.45) is 0.0962. The average molecular weight is 290 g/mol. The van der Waals surface area contributed by atoms with Gasteiger partial charge in [0.2, 0.25) is 5.91 Å². The molecule has 21 heavy (non-hydrogen) atoms. The predicted molar refractivity (Wildman–Crippen MR) is 78.0 cm³/mol. The van der Waals surface area contributed by atoms with Gasteiger partial charge in [-0.2, -0.15) is 0 Å². The molecular weight excluding hydrogens is 272 g/mol. The number of H-pyrrole nitrogens is 1. The van der Waals surface area contributed by atoms with Gasteiger partial charge in [-0.15, -0.1) is 0 Å². The summed E-state index contributed by atoms with van der Waals surface area (Å²) in [5.74, 6) is -1.52. The third kappa shape index (κ3) is 3.41. The van der Waals surface area contributed by atoms with E-state index in [0.29, 0.717) is 0 Å². The Hall–Kier alpha value is -2.34. The SMILES string of the molecule is Cc1[nH]c2ccccc2c1CC(=O)NC(CCO)C(=O)O. The number of carboxylic acids is 1. The number of aliphatic hydroxyl groups excluding tert-OH is 1. The van der Waals surface area contributed by atoms with E-state index in [0.717, 1.165) is 22.2 Å². The number of carbonyl (C=O) groups excluding carboxylic acids is 1. The van der Waals surface area contributed by atoms with Crippen LogP contribution in [0.4, 0.5) is 0 Å². The van der Waals surface area contributed by atoms with Gasteiger partial charge in [0.05, 0.1) is 6.42 Å². The van der Waals surface area contributed by atoms with Gasteiger partial charge in [-0.3, -0.25) is 4.79 Å². The Bertz CT molecular complexity index is 663. The summed E-state index contributed by atoms with van der Waals surface area (Å²) in [7, 11) is 0. The number of rotatable bonds is 6. The summed E-state index contributed by atoms with van der Waals surface area (Å²) in [5, 5.41) is 21.2. The van der Waals surface area contributed by atoms with Gasteiger partial charge in [-0.1, -0.05) is 18.2 Å². The van der Waals surface area contributed by atoms with Gasteiger partial charge in [0.15, 0.2) is 0 Å². The maximum absolute atomic E-state index is 12.0. The molecule has 4 N–H and O–H groups in total. The number of aryl methyl sites for hydroxylation is 1. The number of benzene rings is 1. The summed E-state index contributed by atoms with van der Waals surface area (Å²) >= 11 is 0. The van der Waals surface area contributed by atoms with E-state index >= 15 is 0 Å². The van der Waals surface area contributed by atoms with E-state index in [1.165, 1.54) is 0 Å². The Morgan fingerprint density at radius 2 is 2.05 bits per heavy atom. The lowest BCUT2D eigenvalue weighted by atomic mass is 10.1. The fourth-order valence-corrected chi connectivity index (χ4v) is 2.35. The first-order valence-corrected chi connectivity index (χ1v) is 6.72. The summed E-state index contributed by atoms with van der Waals surface area (Å²) < 4.78 is 0. The minimum Gasteiger partial charge on any atom is -0.480 e. The van der Waals surface area contributed by atoms with Crippen LogP contribution in [0.3, 0.4) is 0 Å².